The van der Waals surface area contributed by atoms with Crippen molar-refractivity contribution >= 4 is 34.8 Å². The fourth-order valence-corrected chi connectivity index (χ4v) is 6.10. The van der Waals surface area contributed by atoms with E-state index < -0.39 is 52.0 Å². The average Bonchev–Trinajstić information content (AvgIpc) is 2.73. The van der Waals surface area contributed by atoms with Crippen molar-refractivity contribution in [2.24, 2.45) is 23.5 Å². The van der Waals surface area contributed by atoms with Gasteiger partial charge in [0.2, 0.25) is 5.78 Å². The van der Waals surface area contributed by atoms with Gasteiger partial charge in [0.15, 0.2) is 11.4 Å². The molecular formula is C25H29ClN2O7. The van der Waals surface area contributed by atoms with Crippen molar-refractivity contribution in [3.63, 3.8) is 0 Å². The molecular weight excluding hydrogens is 476 g/mol. The van der Waals surface area contributed by atoms with E-state index in [0.717, 1.165) is 6.54 Å². The van der Waals surface area contributed by atoms with Gasteiger partial charge in [0.25, 0.3) is 5.91 Å². The van der Waals surface area contributed by atoms with E-state index >= 15 is 0 Å². The molecule has 1 aromatic rings. The van der Waals surface area contributed by atoms with Crippen LogP contribution in [0, 0.1) is 17.8 Å². The first kappa shape index (κ1) is 25.2. The van der Waals surface area contributed by atoms with Gasteiger partial charge in [0.1, 0.15) is 22.8 Å². The highest BCUT2D eigenvalue weighted by Gasteiger charge is 2.60. The van der Waals surface area contributed by atoms with Gasteiger partial charge in [-0.15, -0.1) is 0 Å². The van der Waals surface area contributed by atoms with Gasteiger partial charge in [-0.2, -0.15) is 0 Å². The van der Waals surface area contributed by atoms with E-state index in [0.29, 0.717) is 28.6 Å². The number of aliphatic hydroxyl groups excluding tert-OH is 2. The summed E-state index contributed by atoms with van der Waals surface area (Å²) in [5, 5.41) is 44.1. The molecule has 6 N–H and O–H groups in total. The molecule has 1 saturated carbocycles. The standard InChI is InChI=1S/C25H29ClN2O7/c1-10(2)8-28(3)9-12-6-15(29)18-14(20(12)26)5-11-4-13-7-16(30)19(24(27)34)23(33)25(13,35)22(32)17(11)21(18)31/h6,10-11,13,29,31,33,35H,4-5,7-9H2,1-3H3,(H2,27,34). The van der Waals surface area contributed by atoms with Crippen molar-refractivity contribution in [2.75, 3.05) is 13.6 Å². The lowest BCUT2D eigenvalue weighted by Gasteiger charge is -2.46. The minimum Gasteiger partial charge on any atom is -0.508 e. The van der Waals surface area contributed by atoms with Crippen LogP contribution in [-0.2, 0) is 27.3 Å². The Morgan fingerprint density at radius 3 is 2.51 bits per heavy atom. The monoisotopic (exact) mass is 504 g/mol. The van der Waals surface area contributed by atoms with Gasteiger partial charge in [-0.3, -0.25) is 14.4 Å². The van der Waals surface area contributed by atoms with Gasteiger partial charge in [-0.25, -0.2) is 0 Å². The molecule has 0 radical (unpaired) electrons. The Kier molecular flexibility index (Phi) is 6.24. The lowest BCUT2D eigenvalue weighted by molar-refractivity contribution is -0.147. The van der Waals surface area contributed by atoms with E-state index in [1.54, 1.807) is 0 Å². The number of carbonyl (C=O) groups excluding carboxylic acids is 3. The van der Waals surface area contributed by atoms with Crippen molar-refractivity contribution in [3.8, 4) is 5.75 Å². The summed E-state index contributed by atoms with van der Waals surface area (Å²) in [7, 11) is 1.93. The molecule has 0 aromatic heterocycles. The topological polar surface area (TPSA) is 161 Å². The predicted molar refractivity (Wildman–Crippen MR) is 128 cm³/mol. The quantitative estimate of drug-likeness (QED) is 0.381. The van der Waals surface area contributed by atoms with Gasteiger partial charge in [0.05, 0.1) is 5.56 Å². The van der Waals surface area contributed by atoms with Crippen LogP contribution >= 0.6 is 11.6 Å². The molecule has 35 heavy (non-hydrogen) atoms. The van der Waals surface area contributed by atoms with E-state index in [2.05, 4.69) is 18.7 Å². The molecule has 9 nitrogen and oxygen atoms in total. The van der Waals surface area contributed by atoms with Crippen molar-refractivity contribution < 1.29 is 34.8 Å². The Morgan fingerprint density at radius 2 is 1.91 bits per heavy atom. The summed E-state index contributed by atoms with van der Waals surface area (Å²) in [4.78, 5) is 39.7. The second-order valence-corrected chi connectivity index (χ2v) is 10.6. The maximum atomic E-state index is 13.5. The molecule has 0 bridgehead atoms. The average molecular weight is 505 g/mol. The van der Waals surface area contributed by atoms with Crippen molar-refractivity contribution in [3.05, 3.63) is 44.7 Å². The van der Waals surface area contributed by atoms with Crippen LogP contribution in [0.4, 0.5) is 0 Å². The highest BCUT2D eigenvalue weighted by Crippen LogP contribution is 2.53. The molecule has 10 heteroatoms. The zero-order valence-corrected chi connectivity index (χ0v) is 20.5. The van der Waals surface area contributed by atoms with Crippen LogP contribution in [0.15, 0.2) is 23.0 Å². The third kappa shape index (κ3) is 3.82. The second kappa shape index (κ2) is 8.65. The third-order valence-corrected chi connectivity index (χ3v) is 7.66. The van der Waals surface area contributed by atoms with Crippen LogP contribution in [0.3, 0.4) is 0 Å². The Hall–Kier alpha value is -2.88. The zero-order valence-electron chi connectivity index (χ0n) is 19.8. The Morgan fingerprint density at radius 1 is 1.26 bits per heavy atom. The number of phenolic OH excluding ortho intramolecular Hbond substituents is 1. The summed E-state index contributed by atoms with van der Waals surface area (Å²) in [6, 6.07) is 1.45. The van der Waals surface area contributed by atoms with Gasteiger partial charge < -0.3 is 31.1 Å². The van der Waals surface area contributed by atoms with Crippen molar-refractivity contribution in [1.29, 1.82) is 0 Å². The number of benzene rings is 1. The molecule has 3 aliphatic carbocycles. The van der Waals surface area contributed by atoms with Gasteiger partial charge >= 0.3 is 0 Å². The van der Waals surface area contributed by atoms with Crippen molar-refractivity contribution in [2.45, 2.75) is 45.3 Å². The van der Waals surface area contributed by atoms with Gasteiger partial charge in [0, 0.05) is 36.0 Å². The van der Waals surface area contributed by atoms with Gasteiger partial charge in [-0.05, 0) is 48.9 Å². The van der Waals surface area contributed by atoms with Crippen LogP contribution in [0.5, 0.6) is 5.75 Å². The molecule has 3 aliphatic rings. The van der Waals surface area contributed by atoms with Gasteiger partial charge in [-0.1, -0.05) is 25.4 Å². The Labute approximate surface area is 207 Å². The number of hydrogen-bond donors (Lipinski definition) is 5. The molecule has 0 aliphatic heterocycles. The number of amides is 1. The van der Waals surface area contributed by atoms with E-state index in [1.807, 2.05) is 7.05 Å². The lowest BCUT2D eigenvalue weighted by atomic mass is 9.59. The third-order valence-electron chi connectivity index (χ3n) is 7.19. The number of halogens is 1. The predicted octanol–water partition coefficient (Wildman–Crippen LogP) is 2.17. The molecule has 1 fully saturated rings. The van der Waals surface area contributed by atoms with E-state index in [-0.39, 0.29) is 36.1 Å². The number of aromatic hydroxyl groups is 1. The molecule has 4 rings (SSSR count). The SMILES string of the molecule is CC(C)CN(C)Cc1cc(O)c2c(c1Cl)CC1CC3CC(=O)C(C(N)=O)=C(O)C3(O)C(=O)C1=C2O. The van der Waals surface area contributed by atoms with Crippen LogP contribution in [0.1, 0.15) is 43.4 Å². The minimum atomic E-state index is -2.57. The summed E-state index contributed by atoms with van der Waals surface area (Å²) < 4.78 is 0. The van der Waals surface area contributed by atoms with Crippen molar-refractivity contribution in [1.82, 2.24) is 4.90 Å². The summed E-state index contributed by atoms with van der Waals surface area (Å²) in [6.07, 6.45) is -0.110. The number of rotatable bonds is 5. The first-order valence-corrected chi connectivity index (χ1v) is 11.9. The maximum Gasteiger partial charge on any atom is 0.255 e. The summed E-state index contributed by atoms with van der Waals surface area (Å²) in [6.45, 7) is 5.44. The first-order valence-electron chi connectivity index (χ1n) is 11.5. The minimum absolute atomic E-state index is 0.00241. The zero-order chi connectivity index (χ0) is 26.0. The summed E-state index contributed by atoms with van der Waals surface area (Å²) >= 11 is 6.72. The number of hydrogen-bond acceptors (Lipinski definition) is 8. The Balaban J connectivity index is 1.82. The Bertz CT molecular complexity index is 1220. The number of Topliss-reactive ketones (excluding diaryl/α,β-unsaturated/α-hetero) is 2. The number of ketones is 2. The normalized spacial score (nSPS) is 26.3. The smallest absolute Gasteiger partial charge is 0.255 e. The highest BCUT2D eigenvalue weighted by atomic mass is 35.5. The molecule has 188 valence electrons. The summed E-state index contributed by atoms with van der Waals surface area (Å²) in [5.74, 6) is -6.13. The fraction of sp³-hybridized carbons (Fsp3) is 0.480. The second-order valence-electron chi connectivity index (χ2n) is 10.2. The molecule has 3 atom stereocenters. The number of primary amides is 1. The highest BCUT2D eigenvalue weighted by molar-refractivity contribution is 6.32. The fourth-order valence-electron chi connectivity index (χ4n) is 5.82. The van der Waals surface area contributed by atoms with E-state index in [4.69, 9.17) is 17.3 Å². The molecule has 0 spiro atoms. The molecule has 1 amide bonds. The van der Waals surface area contributed by atoms with E-state index in [1.165, 1.54) is 6.07 Å². The number of nitrogens with zero attached hydrogens (tertiary/aromatic N) is 1. The molecule has 0 saturated heterocycles. The van der Waals surface area contributed by atoms with Crippen LogP contribution in [0.2, 0.25) is 5.02 Å². The lowest BCUT2D eigenvalue weighted by Crippen LogP contribution is -2.58. The number of carbonyl (C=O) groups is 3. The maximum absolute atomic E-state index is 13.5. The first-order chi connectivity index (χ1) is 16.3. The van der Waals surface area contributed by atoms with Crippen LogP contribution in [0.25, 0.3) is 5.76 Å². The molecule has 3 unspecified atom stereocenters. The number of fused-ring (bicyclic) bond motifs is 3. The van der Waals surface area contributed by atoms with Crippen LogP contribution in [-0.4, -0.2) is 62.0 Å². The number of phenols is 1. The number of nitrogens with two attached hydrogens (primary N) is 1. The summed E-state index contributed by atoms with van der Waals surface area (Å²) in [5.41, 5.74) is 2.77. The molecule has 0 heterocycles. The molecule has 1 aromatic carbocycles. The largest absolute Gasteiger partial charge is 0.508 e. The number of aliphatic hydroxyl groups is 3. The van der Waals surface area contributed by atoms with E-state index in [9.17, 15) is 34.8 Å². The van der Waals surface area contributed by atoms with Crippen LogP contribution < -0.4 is 5.73 Å².